The van der Waals surface area contributed by atoms with E-state index in [0.717, 1.165) is 47.8 Å². The van der Waals surface area contributed by atoms with E-state index >= 15 is 0 Å². The van der Waals surface area contributed by atoms with E-state index in [9.17, 15) is 0 Å². The molecule has 258 valence electrons. The minimum atomic E-state index is -2.28. The third-order valence-electron chi connectivity index (χ3n) is 10.5. The number of nitrogens with zero attached hydrogens (tertiary/aromatic N) is 2. The Hall–Kier alpha value is -5.42. The van der Waals surface area contributed by atoms with Gasteiger partial charge in [0, 0.05) is 50.8 Å². The number of aromatic nitrogens is 2. The van der Waals surface area contributed by atoms with Crippen molar-refractivity contribution in [3.63, 3.8) is 0 Å². The van der Waals surface area contributed by atoms with Crippen LogP contribution in [0.3, 0.4) is 0 Å². The van der Waals surface area contributed by atoms with Crippen molar-refractivity contribution < 1.29 is 17.4 Å². The molecule has 53 heavy (non-hydrogen) atoms. The van der Waals surface area contributed by atoms with E-state index in [0.29, 0.717) is 11.1 Å². The van der Waals surface area contributed by atoms with Gasteiger partial charge in [-0.3, -0.25) is 0 Å². The molecule has 0 saturated heterocycles. The molecule has 0 amide bonds. The number of benzene rings is 6. The predicted octanol–water partition coefficient (Wildman–Crippen LogP) is 12.9. The summed E-state index contributed by atoms with van der Waals surface area (Å²) in [6, 6.07) is 39.6. The van der Waals surface area contributed by atoms with Crippen LogP contribution in [0.2, 0.25) is 0 Å². The van der Waals surface area contributed by atoms with Gasteiger partial charge in [0.05, 0.1) is 11.1 Å². The SMILES string of the molecule is Cc1ccc2c(ccc3sc4c(-c5ccccc5C)[n+](C)ccc4c32)c1.[2H]C([2H])([2H])c1ccc(-c2c3sc4ccc5ccccc5c4c3c(C([2H])([2H])[2H])c[n+]2C)c(C)c1. The molecular formula is C49H42N2S2+2. The average Bonchev–Trinajstić information content (AvgIpc) is 3.77. The van der Waals surface area contributed by atoms with Crippen LogP contribution in [0, 0.1) is 34.5 Å². The van der Waals surface area contributed by atoms with Gasteiger partial charge in [0.1, 0.15) is 23.5 Å². The van der Waals surface area contributed by atoms with Gasteiger partial charge in [-0.05, 0) is 91.4 Å². The van der Waals surface area contributed by atoms with Gasteiger partial charge in [0.2, 0.25) is 11.4 Å². The maximum atomic E-state index is 8.25. The zero-order chi connectivity index (χ0) is 41.5. The van der Waals surface area contributed by atoms with Crippen LogP contribution in [0.5, 0.6) is 0 Å². The van der Waals surface area contributed by atoms with Crippen LogP contribution in [-0.2, 0) is 14.1 Å². The summed E-state index contributed by atoms with van der Waals surface area (Å²) in [5.41, 5.74) is 8.48. The Morgan fingerprint density at radius 1 is 0.491 bits per heavy atom. The highest BCUT2D eigenvalue weighted by Crippen LogP contribution is 2.44. The molecule has 0 atom stereocenters. The van der Waals surface area contributed by atoms with E-state index in [1.807, 2.05) is 60.2 Å². The summed E-state index contributed by atoms with van der Waals surface area (Å²) >= 11 is 3.48. The molecule has 2 nitrogen and oxygen atoms in total. The molecule has 0 aliphatic heterocycles. The van der Waals surface area contributed by atoms with E-state index in [1.165, 1.54) is 53.3 Å². The average molecular weight is 729 g/mol. The highest BCUT2D eigenvalue weighted by atomic mass is 32.1. The van der Waals surface area contributed by atoms with Crippen molar-refractivity contribution in [2.24, 2.45) is 14.1 Å². The highest BCUT2D eigenvalue weighted by molar-refractivity contribution is 7.27. The van der Waals surface area contributed by atoms with Crippen molar-refractivity contribution in [1.82, 2.24) is 0 Å². The van der Waals surface area contributed by atoms with Crippen molar-refractivity contribution in [2.45, 2.75) is 34.5 Å². The van der Waals surface area contributed by atoms with Gasteiger partial charge in [0.25, 0.3) is 0 Å². The molecule has 0 N–H and O–H groups in total. The molecule has 4 heteroatoms. The van der Waals surface area contributed by atoms with Gasteiger partial charge in [-0.1, -0.05) is 96.1 Å². The van der Waals surface area contributed by atoms with Crippen LogP contribution in [0.15, 0.2) is 128 Å². The molecule has 0 radical (unpaired) electrons. The minimum absolute atomic E-state index is 0.295. The molecule has 0 unspecified atom stereocenters. The third-order valence-corrected chi connectivity index (χ3v) is 12.9. The molecule has 0 aliphatic rings. The molecule has 0 aliphatic carbocycles. The molecule has 0 bridgehead atoms. The number of hydrogen-bond donors (Lipinski definition) is 0. The van der Waals surface area contributed by atoms with Crippen molar-refractivity contribution in [2.75, 3.05) is 0 Å². The van der Waals surface area contributed by atoms with Crippen LogP contribution in [0.1, 0.15) is 36.0 Å². The van der Waals surface area contributed by atoms with Crippen LogP contribution in [-0.4, -0.2) is 0 Å². The van der Waals surface area contributed by atoms with Crippen molar-refractivity contribution >= 4 is 84.6 Å². The zero-order valence-electron chi connectivity index (χ0n) is 36.3. The number of pyridine rings is 2. The van der Waals surface area contributed by atoms with Crippen molar-refractivity contribution in [3.05, 3.63) is 155 Å². The molecule has 10 rings (SSSR count). The van der Waals surface area contributed by atoms with E-state index in [4.69, 9.17) is 8.22 Å². The van der Waals surface area contributed by atoms with E-state index in [1.54, 1.807) is 29.7 Å². The summed E-state index contributed by atoms with van der Waals surface area (Å²) in [6.45, 7) is 1.80. The Kier molecular flexibility index (Phi) is 6.63. The topological polar surface area (TPSA) is 7.76 Å². The largest absolute Gasteiger partial charge is 0.230 e. The number of hydrogen-bond acceptors (Lipinski definition) is 2. The van der Waals surface area contributed by atoms with Gasteiger partial charge in [-0.2, -0.15) is 9.13 Å². The van der Waals surface area contributed by atoms with Gasteiger partial charge in [-0.15, -0.1) is 22.7 Å². The molecule has 0 saturated carbocycles. The van der Waals surface area contributed by atoms with Gasteiger partial charge >= 0.3 is 0 Å². The fraction of sp³-hybridized carbons (Fsp3) is 0.143. The number of thiophene rings is 2. The Labute approximate surface area is 327 Å². The number of rotatable bonds is 2. The summed E-state index contributed by atoms with van der Waals surface area (Å²) in [7, 11) is 4.00. The lowest BCUT2D eigenvalue weighted by Gasteiger charge is -2.08. The lowest BCUT2D eigenvalue weighted by atomic mass is 9.98. The van der Waals surface area contributed by atoms with E-state index in [-0.39, 0.29) is 0 Å². The molecule has 0 fully saturated rings. The maximum absolute atomic E-state index is 8.25. The maximum Gasteiger partial charge on any atom is 0.230 e. The van der Waals surface area contributed by atoms with Crippen molar-refractivity contribution in [1.29, 1.82) is 0 Å². The van der Waals surface area contributed by atoms with Crippen molar-refractivity contribution in [3.8, 4) is 22.5 Å². The second kappa shape index (κ2) is 12.9. The molecule has 0 spiro atoms. The quantitative estimate of drug-likeness (QED) is 0.157. The van der Waals surface area contributed by atoms with Crippen LogP contribution in [0.25, 0.3) is 84.4 Å². The molecule has 4 aromatic heterocycles. The fourth-order valence-electron chi connectivity index (χ4n) is 7.99. The van der Waals surface area contributed by atoms with E-state index in [2.05, 4.69) is 104 Å². The first-order valence-electron chi connectivity index (χ1n) is 20.8. The second-order valence-electron chi connectivity index (χ2n) is 14.1. The lowest BCUT2D eigenvalue weighted by Crippen LogP contribution is -2.31. The normalized spacial score (nSPS) is 13.8. The first kappa shape index (κ1) is 27.2. The Morgan fingerprint density at radius 3 is 2.00 bits per heavy atom. The third kappa shape index (κ3) is 5.51. The van der Waals surface area contributed by atoms with Crippen LogP contribution in [0.4, 0.5) is 0 Å². The minimum Gasteiger partial charge on any atom is -0.200 e. The Bertz CT molecular complexity index is 3320. The second-order valence-corrected chi connectivity index (χ2v) is 16.2. The Balaban J connectivity index is 0.000000156. The zero-order valence-corrected chi connectivity index (χ0v) is 32.0. The smallest absolute Gasteiger partial charge is 0.200 e. The molecule has 10 aromatic rings. The molecule has 4 heterocycles. The number of fused-ring (bicyclic) bond motifs is 10. The van der Waals surface area contributed by atoms with Gasteiger partial charge < -0.3 is 0 Å². The van der Waals surface area contributed by atoms with Gasteiger partial charge in [0.15, 0.2) is 12.4 Å². The first-order chi connectivity index (χ1) is 28.1. The summed E-state index contributed by atoms with van der Waals surface area (Å²) < 4.78 is 56.7. The molecular weight excluding hydrogens is 681 g/mol. The predicted molar refractivity (Wildman–Crippen MR) is 231 cm³/mol. The van der Waals surface area contributed by atoms with E-state index < -0.39 is 13.7 Å². The lowest BCUT2D eigenvalue weighted by molar-refractivity contribution is -0.659. The summed E-state index contributed by atoms with van der Waals surface area (Å²) in [5, 5.41) is 9.22. The molecule has 6 aromatic carbocycles. The number of aryl methyl sites for hydroxylation is 7. The van der Waals surface area contributed by atoms with Crippen LogP contribution >= 0.6 is 22.7 Å². The Morgan fingerprint density at radius 2 is 1.19 bits per heavy atom. The van der Waals surface area contributed by atoms with Gasteiger partial charge in [-0.25, -0.2) is 0 Å². The first-order valence-corrected chi connectivity index (χ1v) is 19.4. The summed E-state index contributed by atoms with van der Waals surface area (Å²) in [6.07, 6.45) is 3.90. The standard InChI is InChI=1S/C25H22NS.C24H20NS/c1-15-9-11-19(16(2)13-15)24-25-22(17(3)14-26(24)4)23-20-8-6-5-7-18(20)10-12-21(23)27-25;1-15-8-10-19-17(14-15)9-11-21-22(19)20-12-13-25(3)23(24(20)26-21)18-7-5-4-6-16(18)2/h5-14H,1-4H3;4-14H,1-3H3/q2*+1/i1D3,3D3;. The fourth-order valence-corrected chi connectivity index (χ4v) is 10.6. The summed E-state index contributed by atoms with van der Waals surface area (Å²) in [5.74, 6) is 0. The summed E-state index contributed by atoms with van der Waals surface area (Å²) in [4.78, 5) is 0. The van der Waals surface area contributed by atoms with Crippen LogP contribution < -0.4 is 9.13 Å². The monoisotopic (exact) mass is 728 g/mol. The highest BCUT2D eigenvalue weighted by Gasteiger charge is 2.24.